The van der Waals surface area contributed by atoms with Gasteiger partial charge in [-0.1, -0.05) is 30.3 Å². The predicted octanol–water partition coefficient (Wildman–Crippen LogP) is 3.81. The second kappa shape index (κ2) is 12.0. The maximum atomic E-state index is 13.3. The van der Waals surface area contributed by atoms with E-state index < -0.39 is 0 Å². The van der Waals surface area contributed by atoms with Gasteiger partial charge in [-0.2, -0.15) is 0 Å². The van der Waals surface area contributed by atoms with Gasteiger partial charge in [-0.3, -0.25) is 23.9 Å². The number of ketones is 1. The van der Waals surface area contributed by atoms with Gasteiger partial charge in [-0.05, 0) is 68.4 Å². The molecule has 0 radical (unpaired) electrons. The van der Waals surface area contributed by atoms with Crippen molar-refractivity contribution in [1.29, 1.82) is 0 Å². The lowest BCUT2D eigenvalue weighted by molar-refractivity contribution is -0.121. The van der Waals surface area contributed by atoms with Gasteiger partial charge in [-0.15, -0.1) is 0 Å². The third-order valence-electron chi connectivity index (χ3n) is 7.19. The summed E-state index contributed by atoms with van der Waals surface area (Å²) in [7, 11) is 0. The first-order chi connectivity index (χ1) is 19.0. The summed E-state index contributed by atoms with van der Waals surface area (Å²) in [6.07, 6.45) is 1.17. The van der Waals surface area contributed by atoms with Crippen molar-refractivity contribution in [1.82, 2.24) is 19.8 Å². The lowest BCUT2D eigenvalue weighted by Gasteiger charge is -2.36. The molecule has 1 N–H and O–H groups in total. The third-order valence-corrected chi connectivity index (χ3v) is 7.19. The van der Waals surface area contributed by atoms with E-state index in [1.54, 1.807) is 17.6 Å². The summed E-state index contributed by atoms with van der Waals surface area (Å²) in [5, 5.41) is 3.51. The van der Waals surface area contributed by atoms with Crippen LogP contribution in [0.1, 0.15) is 35.9 Å². The van der Waals surface area contributed by atoms with Crippen LogP contribution in [0.25, 0.3) is 16.6 Å². The minimum Gasteiger partial charge on any atom is -0.369 e. The number of carbonyl (C=O) groups is 2. The molecule has 0 atom stereocenters. The first-order valence-corrected chi connectivity index (χ1v) is 13.4. The van der Waals surface area contributed by atoms with Crippen LogP contribution in [0.15, 0.2) is 83.7 Å². The molecule has 0 spiro atoms. The molecule has 4 aromatic rings. The molecule has 1 aliphatic heterocycles. The Bertz CT molecular complexity index is 1510. The summed E-state index contributed by atoms with van der Waals surface area (Å²) in [5.41, 5.74) is 3.06. The zero-order valence-corrected chi connectivity index (χ0v) is 22.2. The first kappa shape index (κ1) is 26.3. The van der Waals surface area contributed by atoms with Crippen molar-refractivity contribution < 1.29 is 9.59 Å². The van der Waals surface area contributed by atoms with Crippen LogP contribution in [0.3, 0.4) is 0 Å². The number of hydrogen-bond acceptors (Lipinski definition) is 6. The highest BCUT2D eigenvalue weighted by Gasteiger charge is 2.18. The van der Waals surface area contributed by atoms with Crippen molar-refractivity contribution in [2.24, 2.45) is 0 Å². The van der Waals surface area contributed by atoms with Gasteiger partial charge in [0.15, 0.2) is 5.78 Å². The topological polar surface area (TPSA) is 87.5 Å². The van der Waals surface area contributed by atoms with Gasteiger partial charge in [0, 0.05) is 43.9 Å². The molecular weight excluding hydrogens is 490 g/mol. The number of nitrogens with zero attached hydrogens (tertiary/aromatic N) is 4. The summed E-state index contributed by atoms with van der Waals surface area (Å²) >= 11 is 0. The smallest absolute Gasteiger partial charge is 0.266 e. The normalized spacial score (nSPS) is 13.9. The minimum absolute atomic E-state index is 0.0544. The van der Waals surface area contributed by atoms with Crippen LogP contribution >= 0.6 is 0 Å². The van der Waals surface area contributed by atoms with Gasteiger partial charge in [0.1, 0.15) is 5.82 Å². The van der Waals surface area contributed by atoms with Crippen molar-refractivity contribution in [2.45, 2.75) is 26.3 Å². The van der Waals surface area contributed by atoms with E-state index in [1.165, 1.54) is 0 Å². The quantitative estimate of drug-likeness (QED) is 0.336. The molecule has 0 unspecified atom stereocenters. The Hall–Kier alpha value is -4.30. The van der Waals surface area contributed by atoms with E-state index in [4.69, 9.17) is 4.98 Å². The Balaban J connectivity index is 1.13. The van der Waals surface area contributed by atoms with E-state index in [0.717, 1.165) is 56.1 Å². The monoisotopic (exact) mass is 523 g/mol. The summed E-state index contributed by atoms with van der Waals surface area (Å²) < 4.78 is 1.58. The Labute approximate surface area is 227 Å². The number of para-hydroxylation sites is 2. The number of benzene rings is 3. The molecule has 1 saturated heterocycles. The number of piperazine rings is 1. The highest BCUT2D eigenvalue weighted by atomic mass is 16.2. The van der Waals surface area contributed by atoms with Crippen molar-refractivity contribution in [2.75, 3.05) is 37.6 Å². The molecule has 0 saturated carbocycles. The van der Waals surface area contributed by atoms with Crippen molar-refractivity contribution >= 4 is 28.3 Å². The maximum Gasteiger partial charge on any atom is 0.266 e. The molecule has 8 nitrogen and oxygen atoms in total. The van der Waals surface area contributed by atoms with E-state index in [-0.39, 0.29) is 23.8 Å². The standard InChI is InChI=1S/C31H33N5O3/c1-23(37)24-13-15-25(16-14-24)35-20-18-34(19-21-35)17-7-12-30(38)32-22-29-33-28-11-6-5-10-27(28)31(39)36(29)26-8-3-2-4-9-26/h2-6,8-11,13-16H,7,12,17-22H2,1H3,(H,32,38). The van der Waals surface area contributed by atoms with Crippen molar-refractivity contribution in [3.8, 4) is 5.69 Å². The number of carbonyl (C=O) groups excluding carboxylic acids is 2. The molecule has 1 aliphatic rings. The lowest BCUT2D eigenvalue weighted by atomic mass is 10.1. The summed E-state index contributed by atoms with van der Waals surface area (Å²) in [5.74, 6) is 0.529. The molecule has 2 heterocycles. The molecule has 1 fully saturated rings. The van der Waals surface area contributed by atoms with Gasteiger partial charge >= 0.3 is 0 Å². The number of nitrogens with one attached hydrogen (secondary N) is 1. The van der Waals surface area contributed by atoms with Gasteiger partial charge < -0.3 is 10.2 Å². The molecule has 8 heteroatoms. The third kappa shape index (κ3) is 6.23. The second-order valence-corrected chi connectivity index (χ2v) is 9.83. The highest BCUT2D eigenvalue weighted by Crippen LogP contribution is 2.18. The van der Waals surface area contributed by atoms with Crippen molar-refractivity contribution in [3.63, 3.8) is 0 Å². The van der Waals surface area contributed by atoms with Crippen LogP contribution in [0, 0.1) is 0 Å². The number of Topliss-reactive ketones (excluding diaryl/α,β-unsaturated/α-hetero) is 1. The number of aromatic nitrogens is 2. The Morgan fingerprint density at radius 3 is 2.26 bits per heavy atom. The largest absolute Gasteiger partial charge is 0.369 e. The SMILES string of the molecule is CC(=O)c1ccc(N2CCN(CCCC(=O)NCc3nc4ccccc4c(=O)n3-c3ccccc3)CC2)cc1. The van der Waals surface area contributed by atoms with Gasteiger partial charge in [-0.25, -0.2) is 4.98 Å². The van der Waals surface area contributed by atoms with Gasteiger partial charge in [0.05, 0.1) is 23.1 Å². The zero-order chi connectivity index (χ0) is 27.2. The molecule has 200 valence electrons. The molecule has 0 bridgehead atoms. The van der Waals surface area contributed by atoms with Crippen LogP contribution in [0.2, 0.25) is 0 Å². The van der Waals surface area contributed by atoms with Crippen molar-refractivity contribution in [3.05, 3.63) is 101 Å². The van der Waals surface area contributed by atoms with Crippen LogP contribution in [-0.4, -0.2) is 58.9 Å². The fourth-order valence-electron chi connectivity index (χ4n) is 5.01. The number of rotatable bonds is 9. The first-order valence-electron chi connectivity index (χ1n) is 13.4. The highest BCUT2D eigenvalue weighted by molar-refractivity contribution is 5.94. The van der Waals surface area contributed by atoms with E-state index in [2.05, 4.69) is 15.1 Å². The van der Waals surface area contributed by atoms with Gasteiger partial charge in [0.25, 0.3) is 5.56 Å². The fourth-order valence-corrected chi connectivity index (χ4v) is 5.01. The van der Waals surface area contributed by atoms with Gasteiger partial charge in [0.2, 0.25) is 5.91 Å². The average molecular weight is 524 g/mol. The number of hydrogen-bond donors (Lipinski definition) is 1. The fraction of sp³-hybridized carbons (Fsp3) is 0.290. The molecule has 5 rings (SSSR count). The Kier molecular flexibility index (Phi) is 8.13. The molecule has 39 heavy (non-hydrogen) atoms. The number of anilines is 1. The lowest BCUT2D eigenvalue weighted by Crippen LogP contribution is -2.46. The molecule has 3 aromatic carbocycles. The predicted molar refractivity (Wildman–Crippen MR) is 154 cm³/mol. The molecule has 0 aliphatic carbocycles. The summed E-state index contributed by atoms with van der Waals surface area (Å²) in [6, 6.07) is 24.5. The van der Waals surface area contributed by atoms with E-state index >= 15 is 0 Å². The Morgan fingerprint density at radius 2 is 1.54 bits per heavy atom. The van der Waals surface area contributed by atoms with Crippen LogP contribution in [-0.2, 0) is 11.3 Å². The molecular formula is C31H33N5O3. The van der Waals surface area contributed by atoms with E-state index in [1.807, 2.05) is 72.8 Å². The second-order valence-electron chi connectivity index (χ2n) is 9.83. The van der Waals surface area contributed by atoms with E-state index in [9.17, 15) is 14.4 Å². The van der Waals surface area contributed by atoms with Crippen LogP contribution in [0.4, 0.5) is 5.69 Å². The zero-order valence-electron chi connectivity index (χ0n) is 22.2. The summed E-state index contributed by atoms with van der Waals surface area (Å²) in [4.78, 5) is 46.9. The average Bonchev–Trinajstić information content (AvgIpc) is 2.97. The molecule has 1 amide bonds. The maximum absolute atomic E-state index is 13.3. The van der Waals surface area contributed by atoms with E-state index in [0.29, 0.717) is 23.1 Å². The number of fused-ring (bicyclic) bond motifs is 1. The minimum atomic E-state index is -0.148. The Morgan fingerprint density at radius 1 is 0.846 bits per heavy atom. The van der Waals surface area contributed by atoms with Crippen LogP contribution < -0.4 is 15.8 Å². The van der Waals surface area contributed by atoms with Crippen LogP contribution in [0.5, 0.6) is 0 Å². The summed E-state index contributed by atoms with van der Waals surface area (Å²) in [6.45, 7) is 6.30. The molecule has 1 aromatic heterocycles. The number of amides is 1.